The van der Waals surface area contributed by atoms with Gasteiger partial charge in [-0.25, -0.2) is 0 Å². The van der Waals surface area contributed by atoms with E-state index >= 15 is 0 Å². The van der Waals surface area contributed by atoms with Crippen molar-refractivity contribution in [1.82, 2.24) is 0 Å². The SMILES string of the molecule is C[C@H](O)c1ccc(N2CCOC3CCCCC32)cc1. The Morgan fingerprint density at radius 2 is 1.95 bits per heavy atom. The van der Waals surface area contributed by atoms with Crippen molar-refractivity contribution in [3.8, 4) is 0 Å². The van der Waals surface area contributed by atoms with E-state index in [1.165, 1.54) is 31.4 Å². The van der Waals surface area contributed by atoms with Gasteiger partial charge in [0.25, 0.3) is 0 Å². The largest absolute Gasteiger partial charge is 0.389 e. The van der Waals surface area contributed by atoms with Crippen LogP contribution >= 0.6 is 0 Å². The van der Waals surface area contributed by atoms with Gasteiger partial charge in [-0.1, -0.05) is 25.0 Å². The number of aliphatic hydroxyl groups is 1. The van der Waals surface area contributed by atoms with Crippen molar-refractivity contribution in [2.75, 3.05) is 18.1 Å². The van der Waals surface area contributed by atoms with Crippen LogP contribution in [0.5, 0.6) is 0 Å². The molecule has 19 heavy (non-hydrogen) atoms. The first-order valence-electron chi connectivity index (χ1n) is 7.42. The van der Waals surface area contributed by atoms with E-state index in [9.17, 15) is 5.11 Å². The smallest absolute Gasteiger partial charge is 0.0779 e. The second-order valence-corrected chi connectivity index (χ2v) is 5.72. The Kier molecular flexibility index (Phi) is 3.76. The first-order chi connectivity index (χ1) is 9.25. The van der Waals surface area contributed by atoms with Crippen molar-refractivity contribution in [2.45, 2.75) is 50.9 Å². The van der Waals surface area contributed by atoms with Gasteiger partial charge in [0.15, 0.2) is 0 Å². The summed E-state index contributed by atoms with van der Waals surface area (Å²) in [6.45, 7) is 3.62. The number of ether oxygens (including phenoxy) is 1. The van der Waals surface area contributed by atoms with E-state index in [-0.39, 0.29) is 6.10 Å². The molecule has 1 aliphatic carbocycles. The van der Waals surface area contributed by atoms with Gasteiger partial charge in [0.1, 0.15) is 0 Å². The van der Waals surface area contributed by atoms with Gasteiger partial charge in [-0.3, -0.25) is 0 Å². The quantitative estimate of drug-likeness (QED) is 0.888. The third-order valence-corrected chi connectivity index (χ3v) is 4.44. The van der Waals surface area contributed by atoms with E-state index < -0.39 is 0 Å². The molecule has 0 spiro atoms. The van der Waals surface area contributed by atoms with Gasteiger partial charge in [0, 0.05) is 12.2 Å². The molecule has 2 unspecified atom stereocenters. The van der Waals surface area contributed by atoms with Crippen molar-refractivity contribution in [3.63, 3.8) is 0 Å². The highest BCUT2D eigenvalue weighted by molar-refractivity contribution is 5.49. The van der Waals surface area contributed by atoms with E-state index in [0.717, 1.165) is 18.7 Å². The molecule has 1 heterocycles. The Morgan fingerprint density at radius 3 is 2.68 bits per heavy atom. The molecule has 0 aromatic heterocycles. The molecule has 3 rings (SSSR count). The Labute approximate surface area is 115 Å². The summed E-state index contributed by atoms with van der Waals surface area (Å²) in [7, 11) is 0. The van der Waals surface area contributed by atoms with E-state index in [2.05, 4.69) is 17.0 Å². The van der Waals surface area contributed by atoms with Gasteiger partial charge in [0.05, 0.1) is 24.9 Å². The van der Waals surface area contributed by atoms with Crippen LogP contribution < -0.4 is 4.90 Å². The maximum Gasteiger partial charge on any atom is 0.0779 e. The zero-order chi connectivity index (χ0) is 13.2. The van der Waals surface area contributed by atoms with Gasteiger partial charge >= 0.3 is 0 Å². The Morgan fingerprint density at radius 1 is 1.21 bits per heavy atom. The van der Waals surface area contributed by atoms with E-state index in [1.54, 1.807) is 6.92 Å². The summed E-state index contributed by atoms with van der Waals surface area (Å²) >= 11 is 0. The minimum atomic E-state index is -0.388. The molecule has 0 radical (unpaired) electrons. The number of nitrogens with zero attached hydrogens (tertiary/aromatic N) is 1. The Balaban J connectivity index is 1.79. The predicted octanol–water partition coefficient (Wildman–Crippen LogP) is 2.89. The zero-order valence-corrected chi connectivity index (χ0v) is 11.6. The Bertz CT molecular complexity index is 413. The van der Waals surface area contributed by atoms with Crippen LogP contribution in [0.25, 0.3) is 0 Å². The van der Waals surface area contributed by atoms with Crippen LogP contribution in [0.3, 0.4) is 0 Å². The second-order valence-electron chi connectivity index (χ2n) is 5.72. The number of hydrogen-bond acceptors (Lipinski definition) is 3. The van der Waals surface area contributed by atoms with Crippen LogP contribution in [-0.4, -0.2) is 30.4 Å². The monoisotopic (exact) mass is 261 g/mol. The number of hydrogen-bond donors (Lipinski definition) is 1. The summed E-state index contributed by atoms with van der Waals surface area (Å²) in [5.41, 5.74) is 2.25. The van der Waals surface area contributed by atoms with Gasteiger partial charge in [-0.05, 0) is 37.5 Å². The highest BCUT2D eigenvalue weighted by atomic mass is 16.5. The van der Waals surface area contributed by atoms with Crippen LogP contribution in [0.1, 0.15) is 44.3 Å². The number of aliphatic hydroxyl groups excluding tert-OH is 1. The molecular weight excluding hydrogens is 238 g/mol. The molecule has 1 aromatic rings. The number of benzene rings is 1. The van der Waals surface area contributed by atoms with Gasteiger partial charge in [0.2, 0.25) is 0 Å². The Hall–Kier alpha value is -1.06. The summed E-state index contributed by atoms with van der Waals surface area (Å²) in [6.07, 6.45) is 5.08. The lowest BCUT2D eigenvalue weighted by Crippen LogP contribution is -2.52. The van der Waals surface area contributed by atoms with E-state index in [4.69, 9.17) is 4.74 Å². The molecule has 0 bridgehead atoms. The fraction of sp³-hybridized carbons (Fsp3) is 0.625. The van der Waals surface area contributed by atoms with Crippen molar-refractivity contribution < 1.29 is 9.84 Å². The number of rotatable bonds is 2. The molecule has 104 valence electrons. The third kappa shape index (κ3) is 2.63. The van der Waals surface area contributed by atoms with Crippen molar-refractivity contribution in [2.24, 2.45) is 0 Å². The highest BCUT2D eigenvalue weighted by Crippen LogP contribution is 2.32. The van der Waals surface area contributed by atoms with E-state index in [0.29, 0.717) is 12.1 Å². The van der Waals surface area contributed by atoms with Crippen LogP contribution in [-0.2, 0) is 4.74 Å². The average Bonchev–Trinajstić information content (AvgIpc) is 2.47. The number of anilines is 1. The summed E-state index contributed by atoms with van der Waals surface area (Å²) in [4.78, 5) is 2.50. The fourth-order valence-corrected chi connectivity index (χ4v) is 3.36. The maximum absolute atomic E-state index is 9.58. The molecule has 1 aromatic carbocycles. The summed E-state index contributed by atoms with van der Waals surface area (Å²) in [6, 6.07) is 8.89. The standard InChI is InChI=1S/C16H23NO2/c1-12(18)13-6-8-14(9-7-13)17-10-11-19-16-5-3-2-4-15(16)17/h6-9,12,15-16,18H,2-5,10-11H2,1H3/t12-,15?,16?/m0/s1. The van der Waals surface area contributed by atoms with E-state index in [1.807, 2.05) is 12.1 Å². The minimum Gasteiger partial charge on any atom is -0.389 e. The van der Waals surface area contributed by atoms with Crippen LogP contribution in [0.15, 0.2) is 24.3 Å². The van der Waals surface area contributed by atoms with Crippen LogP contribution in [0, 0.1) is 0 Å². The summed E-state index contributed by atoms with van der Waals surface area (Å²) in [5, 5.41) is 9.58. The van der Waals surface area contributed by atoms with Crippen molar-refractivity contribution in [3.05, 3.63) is 29.8 Å². The minimum absolute atomic E-state index is 0.388. The van der Waals surface area contributed by atoms with Crippen molar-refractivity contribution >= 4 is 5.69 Å². The predicted molar refractivity (Wildman–Crippen MR) is 76.4 cm³/mol. The van der Waals surface area contributed by atoms with Gasteiger partial charge in [-0.2, -0.15) is 0 Å². The molecular formula is C16H23NO2. The molecule has 3 nitrogen and oxygen atoms in total. The maximum atomic E-state index is 9.58. The fourth-order valence-electron chi connectivity index (χ4n) is 3.36. The highest BCUT2D eigenvalue weighted by Gasteiger charge is 2.34. The van der Waals surface area contributed by atoms with Gasteiger partial charge in [-0.15, -0.1) is 0 Å². The third-order valence-electron chi connectivity index (χ3n) is 4.44. The number of fused-ring (bicyclic) bond motifs is 1. The molecule has 3 heteroatoms. The lowest BCUT2D eigenvalue weighted by molar-refractivity contribution is -0.00868. The summed E-state index contributed by atoms with van der Waals surface area (Å²) < 4.78 is 5.91. The van der Waals surface area contributed by atoms with Crippen LogP contribution in [0.4, 0.5) is 5.69 Å². The van der Waals surface area contributed by atoms with Crippen LogP contribution in [0.2, 0.25) is 0 Å². The lowest BCUT2D eigenvalue weighted by atomic mass is 9.89. The second kappa shape index (κ2) is 5.51. The summed E-state index contributed by atoms with van der Waals surface area (Å²) in [5.74, 6) is 0. The topological polar surface area (TPSA) is 32.7 Å². The molecule has 2 aliphatic rings. The molecule has 2 fully saturated rings. The molecule has 1 saturated heterocycles. The molecule has 1 saturated carbocycles. The van der Waals surface area contributed by atoms with Gasteiger partial charge < -0.3 is 14.7 Å². The molecule has 0 amide bonds. The lowest BCUT2D eigenvalue weighted by Gasteiger charge is -2.45. The number of morpholine rings is 1. The molecule has 3 atom stereocenters. The zero-order valence-electron chi connectivity index (χ0n) is 11.6. The molecule has 1 N–H and O–H groups in total. The average molecular weight is 261 g/mol. The molecule has 1 aliphatic heterocycles. The first kappa shape index (κ1) is 12.9. The normalized spacial score (nSPS) is 28.8. The van der Waals surface area contributed by atoms with Crippen molar-refractivity contribution in [1.29, 1.82) is 0 Å². The first-order valence-corrected chi connectivity index (χ1v) is 7.42.